The largest absolute Gasteiger partial charge is 0.461 e. The Bertz CT molecular complexity index is 2770. The van der Waals surface area contributed by atoms with Gasteiger partial charge < -0.3 is 35.5 Å². The summed E-state index contributed by atoms with van der Waals surface area (Å²) in [6, 6.07) is 35.8. The van der Waals surface area contributed by atoms with Gasteiger partial charge in [-0.2, -0.15) is 4.39 Å². The third-order valence-corrected chi connectivity index (χ3v) is 14.3. The van der Waals surface area contributed by atoms with Gasteiger partial charge in [-0.1, -0.05) is 134 Å². The van der Waals surface area contributed by atoms with Gasteiger partial charge in [-0.25, -0.2) is 19.4 Å². The SMILES string of the molecule is C[C@H](CCCOP(=O)(N[C@@H](CCC(=O)OCc1ccccc1)C(=O)OCc1ccccc1)OCc1ccccc1)NC(=O)CC[C@H](NC(=O)CCCCCNC(=O)CCCCCNC(=O)c1ccc(F)nc1)C(=O)OCc1ccccc1. The van der Waals surface area contributed by atoms with Crippen molar-refractivity contribution >= 4 is 49.3 Å². The number of hydrogen-bond donors (Lipinski definition) is 5. The predicted octanol–water partition coefficient (Wildman–Crippen LogP) is 9.05. The van der Waals surface area contributed by atoms with Gasteiger partial charge in [-0.3, -0.25) is 37.8 Å². The number of carbonyl (C=O) groups is 7. The summed E-state index contributed by atoms with van der Waals surface area (Å²) in [5.74, 6) is -3.92. The van der Waals surface area contributed by atoms with Crippen LogP contribution in [0.3, 0.4) is 0 Å². The van der Waals surface area contributed by atoms with E-state index in [0.717, 1.165) is 29.2 Å². The van der Waals surface area contributed by atoms with Gasteiger partial charge in [0.2, 0.25) is 23.7 Å². The molecule has 0 saturated carbocycles. The average molecular weight is 1150 g/mol. The molecule has 1 heterocycles. The van der Waals surface area contributed by atoms with Crippen LogP contribution in [0, 0.1) is 5.95 Å². The standard InChI is InChI=1S/C61H76FN6O13P/c1-46(21-20-40-80-82(76,81-45-50-28-14-5-15-29-50)68-53(61(75)79-44-49-26-12-4-13-27-49)34-37-58(72)77-42-47-22-8-2-9-23-47)66-57(71)36-33-52(60(74)78-43-48-24-10-3-11-25-48)67-56(70)31-17-7-18-38-63-55(69)30-16-6-19-39-64-59(73)51-32-35-54(62)65-41-51/h2-5,8-15,22-29,32,35,41,46,52-53H,6-7,16-21,30-31,33-34,36-40,42-45H2,1H3,(H,63,69)(H,64,73)(H,66,71)(H,67,70)(H,68,76)/t46-,52+,53+,82?/m1/s1. The minimum absolute atomic E-state index is 0.0270. The lowest BCUT2D eigenvalue weighted by molar-refractivity contribution is -0.150. The highest BCUT2D eigenvalue weighted by Crippen LogP contribution is 2.46. The highest BCUT2D eigenvalue weighted by Gasteiger charge is 2.34. The van der Waals surface area contributed by atoms with Crippen LogP contribution < -0.4 is 26.4 Å². The molecule has 4 amide bonds. The molecule has 5 aromatic rings. The molecule has 5 rings (SSSR count). The fourth-order valence-corrected chi connectivity index (χ4v) is 9.62. The molecule has 440 valence electrons. The Morgan fingerprint density at radius 1 is 0.500 bits per heavy atom. The second-order valence-electron chi connectivity index (χ2n) is 19.5. The van der Waals surface area contributed by atoms with Gasteiger partial charge in [-0.15, -0.1) is 0 Å². The van der Waals surface area contributed by atoms with Gasteiger partial charge in [0.1, 0.15) is 31.9 Å². The molecule has 0 saturated heterocycles. The number of ether oxygens (including phenoxy) is 3. The van der Waals surface area contributed by atoms with Gasteiger partial charge in [0.25, 0.3) is 5.91 Å². The van der Waals surface area contributed by atoms with E-state index in [9.17, 15) is 42.5 Å². The predicted molar refractivity (Wildman–Crippen MR) is 304 cm³/mol. The van der Waals surface area contributed by atoms with Crippen LogP contribution in [0.15, 0.2) is 140 Å². The van der Waals surface area contributed by atoms with Crippen LogP contribution in [0.2, 0.25) is 0 Å². The summed E-state index contributed by atoms with van der Waals surface area (Å²) in [6.07, 6.45) is 5.55. The molecule has 5 N–H and O–H groups in total. The van der Waals surface area contributed by atoms with Crippen molar-refractivity contribution in [2.45, 2.75) is 141 Å². The number of amides is 4. The Hall–Kier alpha value is -7.64. The van der Waals surface area contributed by atoms with E-state index in [2.05, 4.69) is 31.3 Å². The molecule has 4 aromatic carbocycles. The van der Waals surface area contributed by atoms with E-state index in [1.807, 2.05) is 60.7 Å². The van der Waals surface area contributed by atoms with Crippen molar-refractivity contribution in [2.75, 3.05) is 19.7 Å². The number of carbonyl (C=O) groups excluding carboxylic acids is 7. The summed E-state index contributed by atoms with van der Waals surface area (Å²) in [5.41, 5.74) is 3.21. The maximum absolute atomic E-state index is 14.5. The highest BCUT2D eigenvalue weighted by molar-refractivity contribution is 7.51. The molecule has 0 bridgehead atoms. The van der Waals surface area contributed by atoms with Crippen LogP contribution in [-0.4, -0.2) is 84.3 Å². The van der Waals surface area contributed by atoms with Crippen LogP contribution >= 0.6 is 7.75 Å². The monoisotopic (exact) mass is 1150 g/mol. The van der Waals surface area contributed by atoms with Crippen molar-refractivity contribution in [3.63, 3.8) is 0 Å². The number of halogens is 1. The lowest BCUT2D eigenvalue weighted by atomic mass is 10.1. The molecule has 4 atom stereocenters. The molecule has 21 heteroatoms. The summed E-state index contributed by atoms with van der Waals surface area (Å²) in [5, 5.41) is 14.0. The zero-order valence-electron chi connectivity index (χ0n) is 46.4. The number of esters is 3. The van der Waals surface area contributed by atoms with Crippen LogP contribution in [0.1, 0.15) is 129 Å². The Balaban J connectivity index is 1.05. The molecule has 0 aliphatic carbocycles. The number of aromatic nitrogens is 1. The molecule has 1 unspecified atom stereocenters. The van der Waals surface area contributed by atoms with E-state index in [-0.39, 0.29) is 101 Å². The van der Waals surface area contributed by atoms with E-state index in [4.69, 9.17) is 23.3 Å². The minimum Gasteiger partial charge on any atom is -0.461 e. The minimum atomic E-state index is -4.30. The van der Waals surface area contributed by atoms with Crippen LogP contribution in [0.5, 0.6) is 0 Å². The van der Waals surface area contributed by atoms with Gasteiger partial charge in [0, 0.05) is 51.0 Å². The van der Waals surface area contributed by atoms with Crippen LogP contribution in [0.4, 0.5) is 4.39 Å². The zero-order valence-corrected chi connectivity index (χ0v) is 47.3. The van der Waals surface area contributed by atoms with Crippen molar-refractivity contribution < 1.29 is 65.8 Å². The molecule has 19 nitrogen and oxygen atoms in total. The Labute approximate surface area is 479 Å². The fourth-order valence-electron chi connectivity index (χ4n) is 8.09. The van der Waals surface area contributed by atoms with Crippen molar-refractivity contribution in [1.29, 1.82) is 0 Å². The van der Waals surface area contributed by atoms with E-state index in [1.54, 1.807) is 67.6 Å². The molecular formula is C61H76FN6O13P. The van der Waals surface area contributed by atoms with Gasteiger partial charge in [0.05, 0.1) is 18.8 Å². The number of unbranched alkanes of at least 4 members (excludes halogenated alkanes) is 4. The maximum atomic E-state index is 14.5. The van der Waals surface area contributed by atoms with Crippen LogP contribution in [0.25, 0.3) is 0 Å². The molecule has 0 radical (unpaired) electrons. The summed E-state index contributed by atoms with van der Waals surface area (Å²) >= 11 is 0. The molecular weight excluding hydrogens is 1070 g/mol. The number of hydrogen-bond acceptors (Lipinski definition) is 14. The Kier molecular flexibility index (Phi) is 29.7. The van der Waals surface area contributed by atoms with Gasteiger partial charge in [-0.05, 0) is 92.7 Å². The molecule has 0 aliphatic rings. The van der Waals surface area contributed by atoms with Crippen molar-refractivity contribution in [1.82, 2.24) is 31.3 Å². The summed E-state index contributed by atoms with van der Waals surface area (Å²) in [4.78, 5) is 94.3. The quantitative estimate of drug-likeness (QED) is 0.00809. The van der Waals surface area contributed by atoms with Gasteiger partial charge in [0.15, 0.2) is 0 Å². The van der Waals surface area contributed by atoms with E-state index < -0.39 is 49.7 Å². The first kappa shape index (κ1) is 65.2. The highest BCUT2D eigenvalue weighted by atomic mass is 31.2. The van der Waals surface area contributed by atoms with E-state index in [0.29, 0.717) is 63.6 Å². The van der Waals surface area contributed by atoms with Crippen molar-refractivity contribution in [3.8, 4) is 0 Å². The van der Waals surface area contributed by atoms with Crippen LogP contribution in [-0.2, 0) is 83.0 Å². The number of pyridine rings is 1. The third kappa shape index (κ3) is 27.2. The lowest BCUT2D eigenvalue weighted by Crippen LogP contribution is -2.43. The lowest BCUT2D eigenvalue weighted by Gasteiger charge is -2.25. The molecule has 82 heavy (non-hydrogen) atoms. The second-order valence-corrected chi connectivity index (χ2v) is 21.3. The molecule has 0 spiro atoms. The van der Waals surface area contributed by atoms with E-state index in [1.165, 1.54) is 12.3 Å². The Morgan fingerprint density at radius 2 is 1.00 bits per heavy atom. The summed E-state index contributed by atoms with van der Waals surface area (Å²) in [7, 11) is -4.30. The molecule has 0 aliphatic heterocycles. The number of nitrogens with one attached hydrogen (secondary N) is 5. The Morgan fingerprint density at radius 3 is 1.56 bits per heavy atom. The normalized spacial score (nSPS) is 12.8. The zero-order chi connectivity index (χ0) is 58.6. The molecule has 1 aromatic heterocycles. The smallest absolute Gasteiger partial charge is 0.406 e. The number of nitrogens with zero attached hydrogens (tertiary/aromatic N) is 1. The topological polar surface area (TPSA) is 256 Å². The van der Waals surface area contributed by atoms with Gasteiger partial charge >= 0.3 is 25.7 Å². The summed E-state index contributed by atoms with van der Waals surface area (Å²) in [6.45, 7) is 2.30. The maximum Gasteiger partial charge on any atom is 0.406 e. The first-order valence-corrected chi connectivity index (χ1v) is 29.3. The molecule has 0 fully saturated rings. The third-order valence-electron chi connectivity index (χ3n) is 12.7. The fraction of sp³-hybridized carbons (Fsp3) is 0.410. The first-order chi connectivity index (χ1) is 39.7. The summed E-state index contributed by atoms with van der Waals surface area (Å²) < 4.78 is 56.0. The van der Waals surface area contributed by atoms with E-state index >= 15 is 0 Å². The van der Waals surface area contributed by atoms with Crippen molar-refractivity contribution in [2.24, 2.45) is 0 Å². The number of rotatable bonds is 39. The number of benzene rings is 4. The average Bonchev–Trinajstić information content (AvgIpc) is 3.52. The van der Waals surface area contributed by atoms with Crippen molar-refractivity contribution in [3.05, 3.63) is 173 Å². The second kappa shape index (κ2) is 37.4. The first-order valence-electron chi connectivity index (χ1n) is 27.8.